The number of nitrogens with zero attached hydrogens (tertiary/aromatic N) is 7. The third-order valence-electron chi connectivity index (χ3n) is 5.69. The van der Waals surface area contributed by atoms with Crippen LogP contribution in [0.3, 0.4) is 0 Å². The fraction of sp³-hybridized carbons (Fsp3) is 0.364. The third kappa shape index (κ3) is 5.67. The summed E-state index contributed by atoms with van der Waals surface area (Å²) in [6.45, 7) is 6.40. The van der Waals surface area contributed by atoms with Crippen LogP contribution in [0.1, 0.15) is 16.8 Å². The van der Waals surface area contributed by atoms with Gasteiger partial charge in [-0.1, -0.05) is 28.1 Å². The van der Waals surface area contributed by atoms with Crippen molar-refractivity contribution in [2.75, 3.05) is 42.5 Å². The van der Waals surface area contributed by atoms with Gasteiger partial charge in [-0.3, -0.25) is 4.90 Å². The van der Waals surface area contributed by atoms with Crippen LogP contribution in [0, 0.1) is 0 Å². The molecule has 0 aliphatic carbocycles. The van der Waals surface area contributed by atoms with E-state index < -0.39 is 0 Å². The van der Waals surface area contributed by atoms with Crippen LogP contribution in [0.15, 0.2) is 53.4 Å². The molecule has 0 amide bonds. The van der Waals surface area contributed by atoms with E-state index in [9.17, 15) is 0 Å². The maximum absolute atomic E-state index is 4.92. The number of aromatic nitrogens is 4. The minimum Gasteiger partial charge on any atom is -0.337 e. The first kappa shape index (κ1) is 24.6. The van der Waals surface area contributed by atoms with Crippen molar-refractivity contribution in [3.05, 3.63) is 70.2 Å². The standard InChI is InChI=1S/C22H24BrN7.2ClH/c23-19-4-1-3-17(13-19)15-28-8-5-20-18(16-28)14-26-22(27-20)30-11-9-29(10-12-30)21-24-6-2-7-25-21;;/h1-4,6-7,13-14H,5,8-12,15-16H2;2*1H. The second kappa shape index (κ2) is 11.2. The smallest absolute Gasteiger partial charge is 0.225 e. The molecule has 10 heteroatoms. The summed E-state index contributed by atoms with van der Waals surface area (Å²) in [4.78, 5) is 25.3. The Labute approximate surface area is 209 Å². The van der Waals surface area contributed by atoms with Crippen molar-refractivity contribution in [1.29, 1.82) is 0 Å². The maximum Gasteiger partial charge on any atom is 0.225 e. The lowest BCUT2D eigenvalue weighted by atomic mass is 10.1. The van der Waals surface area contributed by atoms with Crippen molar-refractivity contribution in [1.82, 2.24) is 24.8 Å². The number of benzene rings is 1. The van der Waals surface area contributed by atoms with Gasteiger partial charge in [0.25, 0.3) is 0 Å². The number of fused-ring (bicyclic) bond motifs is 1. The van der Waals surface area contributed by atoms with Gasteiger partial charge in [0.1, 0.15) is 0 Å². The molecule has 0 spiro atoms. The van der Waals surface area contributed by atoms with Crippen molar-refractivity contribution in [3.63, 3.8) is 0 Å². The third-order valence-corrected chi connectivity index (χ3v) is 6.19. The summed E-state index contributed by atoms with van der Waals surface area (Å²) in [7, 11) is 0. The molecule has 170 valence electrons. The molecule has 3 aromatic rings. The molecule has 0 saturated carbocycles. The summed E-state index contributed by atoms with van der Waals surface area (Å²) in [5, 5.41) is 0. The fourth-order valence-electron chi connectivity index (χ4n) is 4.11. The SMILES string of the molecule is Brc1cccc(CN2CCc3nc(N4CCN(c5ncccn5)CC4)ncc3C2)c1.Cl.Cl. The molecule has 0 radical (unpaired) electrons. The lowest BCUT2D eigenvalue weighted by Gasteiger charge is -2.35. The Morgan fingerprint density at radius 2 is 1.56 bits per heavy atom. The number of anilines is 2. The minimum absolute atomic E-state index is 0. The van der Waals surface area contributed by atoms with Gasteiger partial charge in [-0.15, -0.1) is 24.8 Å². The highest BCUT2D eigenvalue weighted by atomic mass is 79.9. The first-order valence-electron chi connectivity index (χ1n) is 10.3. The van der Waals surface area contributed by atoms with E-state index in [0.717, 1.165) is 68.6 Å². The van der Waals surface area contributed by atoms with Gasteiger partial charge in [0.2, 0.25) is 11.9 Å². The summed E-state index contributed by atoms with van der Waals surface area (Å²) in [5.41, 5.74) is 3.77. The molecule has 0 N–H and O–H groups in total. The Kier molecular flexibility index (Phi) is 8.64. The van der Waals surface area contributed by atoms with E-state index >= 15 is 0 Å². The molecule has 5 rings (SSSR count). The van der Waals surface area contributed by atoms with Gasteiger partial charge < -0.3 is 9.80 Å². The molecule has 1 fully saturated rings. The predicted molar refractivity (Wildman–Crippen MR) is 135 cm³/mol. The lowest BCUT2D eigenvalue weighted by molar-refractivity contribution is 0.243. The van der Waals surface area contributed by atoms with Gasteiger partial charge >= 0.3 is 0 Å². The van der Waals surface area contributed by atoms with Crippen LogP contribution < -0.4 is 9.80 Å². The van der Waals surface area contributed by atoms with E-state index in [1.54, 1.807) is 12.4 Å². The van der Waals surface area contributed by atoms with Crippen molar-refractivity contribution in [2.45, 2.75) is 19.5 Å². The maximum atomic E-state index is 4.92. The number of rotatable bonds is 4. The zero-order chi connectivity index (χ0) is 20.3. The highest BCUT2D eigenvalue weighted by Crippen LogP contribution is 2.22. The molecular weight excluding hydrogens is 513 g/mol. The van der Waals surface area contributed by atoms with Crippen LogP contribution in [0.25, 0.3) is 0 Å². The molecular formula is C22H26BrCl2N7. The van der Waals surface area contributed by atoms with Gasteiger partial charge in [0.05, 0.1) is 5.69 Å². The zero-order valence-corrected chi connectivity index (χ0v) is 20.8. The Bertz CT molecular complexity index is 1020. The Balaban J connectivity index is 0.00000144. The molecule has 4 heterocycles. The van der Waals surface area contributed by atoms with Crippen LogP contribution in [-0.2, 0) is 19.5 Å². The molecule has 0 bridgehead atoms. The molecule has 2 aliphatic rings. The monoisotopic (exact) mass is 537 g/mol. The Morgan fingerprint density at radius 3 is 2.28 bits per heavy atom. The number of hydrogen-bond donors (Lipinski definition) is 0. The average Bonchev–Trinajstić information content (AvgIpc) is 2.79. The predicted octanol–water partition coefficient (Wildman–Crippen LogP) is 3.76. The quantitative estimate of drug-likeness (QED) is 0.501. The van der Waals surface area contributed by atoms with E-state index in [0.29, 0.717) is 0 Å². The molecule has 1 aromatic carbocycles. The van der Waals surface area contributed by atoms with E-state index in [2.05, 4.69) is 64.9 Å². The van der Waals surface area contributed by atoms with Gasteiger partial charge in [-0.05, 0) is 23.8 Å². The van der Waals surface area contributed by atoms with Gasteiger partial charge in [0.15, 0.2) is 0 Å². The number of halogens is 3. The van der Waals surface area contributed by atoms with E-state index in [1.165, 1.54) is 16.8 Å². The second-order valence-electron chi connectivity index (χ2n) is 7.76. The first-order valence-corrected chi connectivity index (χ1v) is 11.1. The fourth-order valence-corrected chi connectivity index (χ4v) is 4.55. The number of piperazine rings is 1. The van der Waals surface area contributed by atoms with Gasteiger partial charge in [0, 0.05) is 80.9 Å². The molecule has 32 heavy (non-hydrogen) atoms. The first-order chi connectivity index (χ1) is 14.7. The van der Waals surface area contributed by atoms with Crippen LogP contribution in [0.4, 0.5) is 11.9 Å². The van der Waals surface area contributed by atoms with Gasteiger partial charge in [-0.2, -0.15) is 0 Å². The van der Waals surface area contributed by atoms with Crippen molar-refractivity contribution in [2.24, 2.45) is 0 Å². The summed E-state index contributed by atoms with van der Waals surface area (Å²) in [6, 6.07) is 10.4. The van der Waals surface area contributed by atoms with Crippen LogP contribution in [0.5, 0.6) is 0 Å². The Hall–Kier alpha value is -2.00. The second-order valence-corrected chi connectivity index (χ2v) is 8.67. The van der Waals surface area contributed by atoms with Crippen LogP contribution >= 0.6 is 40.7 Å². The van der Waals surface area contributed by atoms with E-state index in [1.807, 2.05) is 12.3 Å². The average molecular weight is 539 g/mol. The summed E-state index contributed by atoms with van der Waals surface area (Å²) in [6.07, 6.45) is 6.58. The topological polar surface area (TPSA) is 61.3 Å². The Morgan fingerprint density at radius 1 is 0.844 bits per heavy atom. The van der Waals surface area contributed by atoms with Crippen molar-refractivity contribution in [3.8, 4) is 0 Å². The number of hydrogen-bond acceptors (Lipinski definition) is 7. The molecule has 2 aliphatic heterocycles. The molecule has 0 unspecified atom stereocenters. The lowest BCUT2D eigenvalue weighted by Crippen LogP contribution is -2.47. The molecule has 2 aromatic heterocycles. The highest BCUT2D eigenvalue weighted by molar-refractivity contribution is 9.10. The van der Waals surface area contributed by atoms with E-state index in [-0.39, 0.29) is 24.8 Å². The van der Waals surface area contributed by atoms with Crippen molar-refractivity contribution < 1.29 is 0 Å². The normalized spacial score (nSPS) is 16.0. The minimum atomic E-state index is 0. The summed E-state index contributed by atoms with van der Waals surface area (Å²) in [5.74, 6) is 1.65. The van der Waals surface area contributed by atoms with Crippen molar-refractivity contribution >= 4 is 52.6 Å². The zero-order valence-electron chi connectivity index (χ0n) is 17.6. The van der Waals surface area contributed by atoms with Crippen LogP contribution in [-0.4, -0.2) is 57.6 Å². The summed E-state index contributed by atoms with van der Waals surface area (Å²) >= 11 is 3.56. The van der Waals surface area contributed by atoms with Gasteiger partial charge in [-0.25, -0.2) is 19.9 Å². The molecule has 0 atom stereocenters. The summed E-state index contributed by atoms with van der Waals surface area (Å²) < 4.78 is 1.13. The van der Waals surface area contributed by atoms with E-state index in [4.69, 9.17) is 9.97 Å². The highest BCUT2D eigenvalue weighted by Gasteiger charge is 2.23. The molecule has 1 saturated heterocycles. The molecule has 7 nitrogen and oxygen atoms in total. The van der Waals surface area contributed by atoms with Crippen LogP contribution in [0.2, 0.25) is 0 Å². The largest absolute Gasteiger partial charge is 0.337 e.